The molecule has 1 N–H and O–H groups in total. The maximum atomic E-state index is 10.5. The summed E-state index contributed by atoms with van der Waals surface area (Å²) in [6.45, 7) is 1.41. The monoisotopic (exact) mass is 349 g/mol. The lowest BCUT2D eigenvalue weighted by Crippen LogP contribution is -2.36. The van der Waals surface area contributed by atoms with E-state index in [-0.39, 0.29) is 5.76 Å². The number of ether oxygens (including phenoxy) is 2. The van der Waals surface area contributed by atoms with Crippen molar-refractivity contribution in [3.05, 3.63) is 59.7 Å². The Kier molecular flexibility index (Phi) is 4.08. The van der Waals surface area contributed by atoms with Gasteiger partial charge in [0.05, 0.1) is 26.5 Å². The summed E-state index contributed by atoms with van der Waals surface area (Å²) in [5.41, 5.74) is 2.38. The van der Waals surface area contributed by atoms with Crippen LogP contribution in [0.2, 0.25) is 0 Å². The Morgan fingerprint density at radius 2 is 1.85 bits per heavy atom. The Labute approximate surface area is 151 Å². The van der Waals surface area contributed by atoms with Crippen LogP contribution in [-0.2, 0) is 0 Å². The third-order valence-electron chi connectivity index (χ3n) is 4.43. The van der Waals surface area contributed by atoms with Crippen molar-refractivity contribution in [1.29, 1.82) is 0 Å². The quantitative estimate of drug-likeness (QED) is 0.859. The van der Waals surface area contributed by atoms with Crippen molar-refractivity contribution in [2.45, 2.75) is 0 Å². The van der Waals surface area contributed by atoms with Gasteiger partial charge in [0.15, 0.2) is 11.5 Å². The molecule has 0 atom stereocenters. The zero-order chi connectivity index (χ0) is 18.1. The molecule has 2 heterocycles. The van der Waals surface area contributed by atoms with E-state index in [4.69, 9.17) is 14.5 Å². The third-order valence-corrected chi connectivity index (χ3v) is 4.43. The number of aliphatic imine (C=N–C) groups is 2. The number of rotatable bonds is 4. The summed E-state index contributed by atoms with van der Waals surface area (Å²) in [7, 11) is 3.20. The van der Waals surface area contributed by atoms with Gasteiger partial charge in [0.1, 0.15) is 17.4 Å². The molecule has 6 nitrogen and oxygen atoms in total. The molecule has 0 unspecified atom stereocenters. The van der Waals surface area contributed by atoms with Crippen LogP contribution in [0, 0.1) is 0 Å². The predicted molar refractivity (Wildman–Crippen MR) is 102 cm³/mol. The normalized spacial score (nSPS) is 15.8. The fourth-order valence-corrected chi connectivity index (χ4v) is 3.15. The van der Waals surface area contributed by atoms with E-state index in [0.717, 1.165) is 29.2 Å². The topological polar surface area (TPSA) is 66.7 Å². The van der Waals surface area contributed by atoms with Crippen molar-refractivity contribution in [2.24, 2.45) is 9.98 Å². The predicted octanol–water partition coefficient (Wildman–Crippen LogP) is 3.41. The van der Waals surface area contributed by atoms with Gasteiger partial charge < -0.3 is 19.5 Å². The second kappa shape index (κ2) is 6.55. The van der Waals surface area contributed by atoms with Crippen molar-refractivity contribution in [2.75, 3.05) is 27.3 Å². The highest BCUT2D eigenvalue weighted by molar-refractivity contribution is 6.20. The first-order valence-electron chi connectivity index (χ1n) is 8.34. The highest BCUT2D eigenvalue weighted by Gasteiger charge is 2.30. The number of aliphatic hydroxyl groups is 1. The Bertz CT molecular complexity index is 933. The second-order valence-electron chi connectivity index (χ2n) is 5.95. The molecule has 0 fully saturated rings. The second-order valence-corrected chi connectivity index (χ2v) is 5.95. The Hall–Kier alpha value is -3.28. The number of benzene rings is 2. The van der Waals surface area contributed by atoms with Gasteiger partial charge in [0, 0.05) is 29.8 Å². The lowest BCUT2D eigenvalue weighted by Gasteiger charge is -2.26. The Morgan fingerprint density at radius 3 is 2.58 bits per heavy atom. The van der Waals surface area contributed by atoms with Gasteiger partial charge in [-0.25, -0.2) is 4.99 Å². The molecule has 0 saturated carbocycles. The molecule has 26 heavy (non-hydrogen) atoms. The van der Waals surface area contributed by atoms with Crippen LogP contribution >= 0.6 is 0 Å². The number of methoxy groups -OCH3 is 2. The van der Waals surface area contributed by atoms with E-state index in [9.17, 15) is 5.11 Å². The van der Waals surface area contributed by atoms with Gasteiger partial charge in [0.2, 0.25) is 0 Å². The molecule has 4 rings (SSSR count). The standard InChI is InChI=1S/C20H19N3O3/c1-25-17-10-14-15(11-18(17)26-2)22-19(23-9-8-21-20(14)23)12-16(24)13-6-4-3-5-7-13/h3-7,10-12,24H,8-9H2,1-2H3/b16-12-. The number of aliphatic hydroxyl groups excluding tert-OH is 1. The summed E-state index contributed by atoms with van der Waals surface area (Å²) in [5.74, 6) is 2.91. The SMILES string of the molecule is COc1cc2c(cc1OC)C1=NCCN1C(/C=C(\O)c1ccccc1)=N2. The van der Waals surface area contributed by atoms with Gasteiger partial charge in [-0.05, 0) is 6.07 Å². The van der Waals surface area contributed by atoms with E-state index < -0.39 is 0 Å². The average Bonchev–Trinajstić information content (AvgIpc) is 3.18. The van der Waals surface area contributed by atoms with Crippen LogP contribution in [0.25, 0.3) is 5.76 Å². The molecule has 132 valence electrons. The molecule has 0 bridgehead atoms. The van der Waals surface area contributed by atoms with Crippen molar-refractivity contribution in [1.82, 2.24) is 4.90 Å². The number of fused-ring (bicyclic) bond motifs is 3. The Morgan fingerprint density at radius 1 is 1.12 bits per heavy atom. The zero-order valence-electron chi connectivity index (χ0n) is 14.6. The van der Waals surface area contributed by atoms with Gasteiger partial charge in [-0.15, -0.1) is 0 Å². The van der Waals surface area contributed by atoms with Gasteiger partial charge in [0.25, 0.3) is 0 Å². The molecular formula is C20H19N3O3. The molecular weight excluding hydrogens is 330 g/mol. The van der Waals surface area contributed by atoms with Crippen LogP contribution in [0.4, 0.5) is 5.69 Å². The largest absolute Gasteiger partial charge is 0.507 e. The van der Waals surface area contributed by atoms with Crippen LogP contribution in [0.1, 0.15) is 11.1 Å². The number of hydrogen-bond donors (Lipinski definition) is 1. The van der Waals surface area contributed by atoms with Crippen LogP contribution in [-0.4, -0.2) is 49.0 Å². The fourth-order valence-electron chi connectivity index (χ4n) is 3.15. The van der Waals surface area contributed by atoms with Crippen LogP contribution in [0.3, 0.4) is 0 Å². The molecule has 0 aliphatic carbocycles. The summed E-state index contributed by atoms with van der Waals surface area (Å²) in [4.78, 5) is 11.3. The summed E-state index contributed by atoms with van der Waals surface area (Å²) in [6.07, 6.45) is 1.68. The molecule has 2 aliphatic rings. The zero-order valence-corrected chi connectivity index (χ0v) is 14.6. The highest BCUT2D eigenvalue weighted by atomic mass is 16.5. The van der Waals surface area contributed by atoms with Gasteiger partial charge in [-0.1, -0.05) is 30.3 Å². The minimum Gasteiger partial charge on any atom is -0.507 e. The van der Waals surface area contributed by atoms with Crippen LogP contribution in [0.15, 0.2) is 58.5 Å². The maximum absolute atomic E-state index is 10.5. The van der Waals surface area contributed by atoms with Crippen LogP contribution in [0.5, 0.6) is 11.5 Å². The molecule has 0 spiro atoms. The lowest BCUT2D eigenvalue weighted by molar-refractivity contribution is 0.355. The Balaban J connectivity index is 1.82. The van der Waals surface area contributed by atoms with E-state index in [1.807, 2.05) is 47.4 Å². The minimum absolute atomic E-state index is 0.166. The number of amidine groups is 2. The first kappa shape index (κ1) is 16.2. The first-order valence-corrected chi connectivity index (χ1v) is 8.34. The fraction of sp³-hybridized carbons (Fsp3) is 0.200. The van der Waals surface area contributed by atoms with Crippen molar-refractivity contribution < 1.29 is 14.6 Å². The lowest BCUT2D eigenvalue weighted by atomic mass is 10.1. The highest BCUT2D eigenvalue weighted by Crippen LogP contribution is 2.38. The van der Waals surface area contributed by atoms with E-state index >= 15 is 0 Å². The van der Waals surface area contributed by atoms with E-state index in [1.54, 1.807) is 20.3 Å². The molecule has 2 aromatic rings. The third kappa shape index (κ3) is 2.69. The minimum atomic E-state index is 0.166. The molecule has 2 aliphatic heterocycles. The van der Waals surface area contributed by atoms with E-state index in [2.05, 4.69) is 4.99 Å². The summed E-state index contributed by atoms with van der Waals surface area (Å²) >= 11 is 0. The average molecular weight is 349 g/mol. The molecule has 6 heteroatoms. The molecule has 2 aromatic carbocycles. The smallest absolute Gasteiger partial charge is 0.162 e. The van der Waals surface area contributed by atoms with Gasteiger partial charge in [-0.2, -0.15) is 0 Å². The summed E-state index contributed by atoms with van der Waals surface area (Å²) in [6, 6.07) is 13.1. The van der Waals surface area contributed by atoms with E-state index in [0.29, 0.717) is 23.9 Å². The molecule has 0 saturated heterocycles. The van der Waals surface area contributed by atoms with Gasteiger partial charge in [-0.3, -0.25) is 4.99 Å². The van der Waals surface area contributed by atoms with Crippen molar-refractivity contribution in [3.8, 4) is 11.5 Å². The summed E-state index contributed by atoms with van der Waals surface area (Å²) in [5, 5.41) is 10.5. The molecule has 0 radical (unpaired) electrons. The number of nitrogens with zero attached hydrogens (tertiary/aromatic N) is 3. The van der Waals surface area contributed by atoms with Crippen molar-refractivity contribution >= 4 is 23.1 Å². The maximum Gasteiger partial charge on any atom is 0.162 e. The van der Waals surface area contributed by atoms with Crippen LogP contribution < -0.4 is 9.47 Å². The number of hydrogen-bond acceptors (Lipinski definition) is 6. The first-order chi connectivity index (χ1) is 12.7. The van der Waals surface area contributed by atoms with E-state index in [1.165, 1.54) is 0 Å². The molecule has 0 amide bonds. The molecule has 0 aromatic heterocycles. The van der Waals surface area contributed by atoms with Gasteiger partial charge >= 0.3 is 0 Å². The summed E-state index contributed by atoms with van der Waals surface area (Å²) < 4.78 is 10.8. The van der Waals surface area contributed by atoms with Crippen molar-refractivity contribution in [3.63, 3.8) is 0 Å².